The van der Waals surface area contributed by atoms with Crippen LogP contribution in [-0.2, 0) is 17.7 Å². The fourth-order valence-corrected chi connectivity index (χ4v) is 2.90. The summed E-state index contributed by atoms with van der Waals surface area (Å²) in [6.07, 6.45) is 3.85. The van der Waals surface area contributed by atoms with Crippen molar-refractivity contribution in [2.45, 2.75) is 18.6 Å². The normalized spacial score (nSPS) is 22.8. The van der Waals surface area contributed by atoms with Gasteiger partial charge in [0.25, 0.3) is 0 Å². The monoisotopic (exact) mass is 305 g/mol. The highest BCUT2D eigenvalue weighted by Gasteiger charge is 2.37. The molecule has 1 aliphatic rings. The van der Waals surface area contributed by atoms with Crippen LogP contribution in [0.5, 0.6) is 0 Å². The highest BCUT2D eigenvalue weighted by molar-refractivity contribution is 5.20. The third-order valence-electron chi connectivity index (χ3n) is 4.01. The zero-order valence-corrected chi connectivity index (χ0v) is 12.3. The molecule has 3 rings (SSSR count). The lowest BCUT2D eigenvalue weighted by Gasteiger charge is -2.41. The Kier molecular flexibility index (Phi) is 4.52. The summed E-state index contributed by atoms with van der Waals surface area (Å²) in [6.45, 7) is 2.33. The van der Waals surface area contributed by atoms with Crippen molar-refractivity contribution in [1.29, 1.82) is 0 Å². The Morgan fingerprint density at radius 2 is 2.27 bits per heavy atom. The van der Waals surface area contributed by atoms with Crippen LogP contribution in [0.2, 0.25) is 0 Å². The number of ether oxygens (including phenoxy) is 1. The molecule has 0 spiro atoms. The van der Waals surface area contributed by atoms with E-state index < -0.39 is 5.60 Å². The Morgan fingerprint density at radius 1 is 1.41 bits per heavy atom. The molecule has 0 radical (unpaired) electrons. The van der Waals surface area contributed by atoms with Crippen molar-refractivity contribution in [1.82, 2.24) is 14.9 Å². The van der Waals surface area contributed by atoms with Crippen LogP contribution in [0.4, 0.5) is 4.39 Å². The lowest BCUT2D eigenvalue weighted by Crippen LogP contribution is -2.55. The topological polar surface area (TPSA) is 61.4 Å². The fourth-order valence-electron chi connectivity index (χ4n) is 2.90. The molecule has 0 amide bonds. The molecule has 1 saturated heterocycles. The highest BCUT2D eigenvalue weighted by Crippen LogP contribution is 2.25. The molecule has 1 fully saturated rings. The quantitative estimate of drug-likeness (QED) is 0.875. The number of imidazole rings is 1. The Labute approximate surface area is 128 Å². The summed E-state index contributed by atoms with van der Waals surface area (Å²) >= 11 is 0. The molecule has 1 aromatic heterocycles. The number of hydrogen-bond donors (Lipinski definition) is 2. The van der Waals surface area contributed by atoms with Crippen LogP contribution in [0.1, 0.15) is 11.4 Å². The maximum atomic E-state index is 13.9. The van der Waals surface area contributed by atoms with Crippen molar-refractivity contribution in [2.24, 2.45) is 0 Å². The lowest BCUT2D eigenvalue weighted by molar-refractivity contribution is -0.134. The van der Waals surface area contributed by atoms with Crippen molar-refractivity contribution in [3.05, 3.63) is 53.9 Å². The molecule has 2 N–H and O–H groups in total. The van der Waals surface area contributed by atoms with Gasteiger partial charge in [0.05, 0.1) is 19.8 Å². The van der Waals surface area contributed by atoms with Gasteiger partial charge in [-0.15, -0.1) is 0 Å². The Bertz CT molecular complexity index is 605. The second kappa shape index (κ2) is 6.56. The summed E-state index contributed by atoms with van der Waals surface area (Å²) in [7, 11) is 0. The molecule has 0 unspecified atom stereocenters. The van der Waals surface area contributed by atoms with E-state index in [-0.39, 0.29) is 12.4 Å². The number of rotatable bonds is 5. The van der Waals surface area contributed by atoms with Crippen LogP contribution in [-0.4, -0.2) is 51.9 Å². The smallest absolute Gasteiger partial charge is 0.126 e. The molecule has 0 saturated carbocycles. The van der Waals surface area contributed by atoms with E-state index in [1.54, 1.807) is 30.6 Å². The van der Waals surface area contributed by atoms with E-state index in [0.29, 0.717) is 31.7 Å². The average Bonchev–Trinajstić information content (AvgIpc) is 3.03. The van der Waals surface area contributed by atoms with Gasteiger partial charge in [0.1, 0.15) is 17.2 Å². The number of aromatic nitrogens is 2. The van der Waals surface area contributed by atoms with Crippen LogP contribution in [0.3, 0.4) is 0 Å². The minimum Gasteiger partial charge on any atom is -0.393 e. The van der Waals surface area contributed by atoms with Crippen LogP contribution < -0.4 is 0 Å². The number of aromatic amines is 1. The van der Waals surface area contributed by atoms with Gasteiger partial charge in [-0.1, -0.05) is 18.2 Å². The second-order valence-corrected chi connectivity index (χ2v) is 5.70. The van der Waals surface area contributed by atoms with Crippen LogP contribution >= 0.6 is 0 Å². The third kappa shape index (κ3) is 3.35. The number of halogens is 1. The number of aliphatic hydroxyl groups is 1. The number of benzene rings is 1. The Balaban J connectivity index is 1.72. The molecule has 0 aliphatic carbocycles. The summed E-state index contributed by atoms with van der Waals surface area (Å²) in [4.78, 5) is 9.46. The van der Waals surface area contributed by atoms with Crippen molar-refractivity contribution < 1.29 is 14.2 Å². The van der Waals surface area contributed by atoms with E-state index in [4.69, 9.17) is 4.74 Å². The van der Waals surface area contributed by atoms with Gasteiger partial charge in [-0.3, -0.25) is 4.90 Å². The van der Waals surface area contributed by atoms with Gasteiger partial charge >= 0.3 is 0 Å². The second-order valence-electron chi connectivity index (χ2n) is 5.70. The van der Waals surface area contributed by atoms with E-state index in [2.05, 4.69) is 14.9 Å². The molecule has 2 aromatic rings. The molecule has 0 bridgehead atoms. The first-order valence-corrected chi connectivity index (χ1v) is 7.40. The first kappa shape index (κ1) is 15.1. The summed E-state index contributed by atoms with van der Waals surface area (Å²) in [5.41, 5.74) is -0.205. The maximum Gasteiger partial charge on any atom is 0.126 e. The van der Waals surface area contributed by atoms with Crippen molar-refractivity contribution in [2.75, 3.05) is 26.3 Å². The third-order valence-corrected chi connectivity index (χ3v) is 4.01. The minimum atomic E-state index is -0.771. The van der Waals surface area contributed by atoms with Crippen molar-refractivity contribution >= 4 is 0 Å². The van der Waals surface area contributed by atoms with Gasteiger partial charge in [0.2, 0.25) is 0 Å². The number of nitrogens with zero attached hydrogens (tertiary/aromatic N) is 2. The van der Waals surface area contributed by atoms with Crippen molar-refractivity contribution in [3.8, 4) is 0 Å². The van der Waals surface area contributed by atoms with Gasteiger partial charge in [-0.05, 0) is 11.6 Å². The standard InChI is InChI=1S/C16H20FN3O2/c17-14-4-2-1-3-13(14)9-16(12-21)11-20(7-8-22-16)10-15-18-5-6-19-15/h1-6,21H,7-12H2,(H,18,19)/t16-/m1/s1. The zero-order valence-electron chi connectivity index (χ0n) is 12.3. The molecule has 1 atom stereocenters. The molecular formula is C16H20FN3O2. The van der Waals surface area contributed by atoms with Crippen LogP contribution in [0.15, 0.2) is 36.7 Å². The first-order chi connectivity index (χ1) is 10.7. The number of hydrogen-bond acceptors (Lipinski definition) is 4. The van der Waals surface area contributed by atoms with Crippen molar-refractivity contribution in [3.63, 3.8) is 0 Å². The molecular weight excluding hydrogens is 285 g/mol. The van der Waals surface area contributed by atoms with E-state index in [1.165, 1.54) is 6.07 Å². The van der Waals surface area contributed by atoms with E-state index in [1.807, 2.05) is 0 Å². The molecule has 22 heavy (non-hydrogen) atoms. The maximum absolute atomic E-state index is 13.9. The van der Waals surface area contributed by atoms with Gasteiger partial charge in [0.15, 0.2) is 0 Å². The Hall–Kier alpha value is -1.76. The molecule has 1 aliphatic heterocycles. The summed E-state index contributed by atoms with van der Waals surface area (Å²) < 4.78 is 19.7. The molecule has 1 aromatic carbocycles. The SMILES string of the molecule is OC[C@@]1(Cc2ccccc2F)CN(Cc2ncc[nH]2)CCO1. The number of aliphatic hydroxyl groups excluding tert-OH is 1. The minimum absolute atomic E-state index is 0.143. The van der Waals surface area contributed by atoms with E-state index in [9.17, 15) is 9.50 Å². The first-order valence-electron chi connectivity index (χ1n) is 7.40. The number of nitrogens with one attached hydrogen (secondary N) is 1. The van der Waals surface area contributed by atoms with Gasteiger partial charge < -0.3 is 14.8 Å². The largest absolute Gasteiger partial charge is 0.393 e. The Morgan fingerprint density at radius 3 is 3.00 bits per heavy atom. The molecule has 2 heterocycles. The van der Waals surface area contributed by atoms with E-state index in [0.717, 1.165) is 12.4 Å². The predicted molar refractivity (Wildman–Crippen MR) is 79.7 cm³/mol. The molecule has 118 valence electrons. The summed E-state index contributed by atoms with van der Waals surface area (Å²) in [5, 5.41) is 9.84. The average molecular weight is 305 g/mol. The van der Waals surface area contributed by atoms with E-state index >= 15 is 0 Å². The highest BCUT2D eigenvalue weighted by atomic mass is 19.1. The van der Waals surface area contributed by atoms with Gasteiger partial charge in [0, 0.05) is 31.9 Å². The van der Waals surface area contributed by atoms with Crippen LogP contribution in [0.25, 0.3) is 0 Å². The summed E-state index contributed by atoms with van der Waals surface area (Å²) in [5.74, 6) is 0.613. The van der Waals surface area contributed by atoms with Crippen LogP contribution in [0, 0.1) is 5.82 Å². The van der Waals surface area contributed by atoms with Gasteiger partial charge in [-0.2, -0.15) is 0 Å². The summed E-state index contributed by atoms with van der Waals surface area (Å²) in [6, 6.07) is 6.63. The number of morpholine rings is 1. The van der Waals surface area contributed by atoms with Gasteiger partial charge in [-0.25, -0.2) is 9.37 Å². The molecule has 5 nitrogen and oxygen atoms in total. The lowest BCUT2D eigenvalue weighted by atomic mass is 9.92. The zero-order chi connectivity index (χ0) is 15.4. The predicted octanol–water partition coefficient (Wildman–Crippen LogP) is 1.35. The molecule has 6 heteroatoms. The fraction of sp³-hybridized carbons (Fsp3) is 0.438. The number of H-pyrrole nitrogens is 1.